The third-order valence-corrected chi connectivity index (χ3v) is 3.14. The van der Waals surface area contributed by atoms with Gasteiger partial charge < -0.3 is 5.32 Å². The van der Waals surface area contributed by atoms with Gasteiger partial charge in [0.05, 0.1) is 6.61 Å². The number of carbonyl (C=O) groups is 1. The number of hydrogen-bond donors (Lipinski definition) is 2. The molecular weight excluding hydrogens is 228 g/mol. The van der Waals surface area contributed by atoms with Crippen LogP contribution in [0.5, 0.6) is 0 Å². The van der Waals surface area contributed by atoms with Gasteiger partial charge in [-0.25, -0.2) is 5.48 Å². The SMILES string of the molecule is O=C(CC1CCCNC1)NOCc1ccccc1. The predicted molar refractivity (Wildman–Crippen MR) is 69.6 cm³/mol. The van der Waals surface area contributed by atoms with E-state index >= 15 is 0 Å². The molecule has 0 aliphatic carbocycles. The molecule has 0 radical (unpaired) electrons. The summed E-state index contributed by atoms with van der Waals surface area (Å²) < 4.78 is 0. The first-order chi connectivity index (χ1) is 8.84. The fraction of sp³-hybridized carbons (Fsp3) is 0.500. The number of benzene rings is 1. The molecule has 4 nitrogen and oxygen atoms in total. The first-order valence-corrected chi connectivity index (χ1v) is 6.50. The average Bonchev–Trinajstić information content (AvgIpc) is 2.41. The maximum Gasteiger partial charge on any atom is 0.243 e. The highest BCUT2D eigenvalue weighted by Gasteiger charge is 2.16. The van der Waals surface area contributed by atoms with Gasteiger partial charge in [-0.3, -0.25) is 9.63 Å². The van der Waals surface area contributed by atoms with Gasteiger partial charge in [-0.15, -0.1) is 0 Å². The van der Waals surface area contributed by atoms with Crippen LogP contribution < -0.4 is 10.8 Å². The van der Waals surface area contributed by atoms with Crippen LogP contribution in [0.15, 0.2) is 30.3 Å². The first kappa shape index (κ1) is 13.1. The van der Waals surface area contributed by atoms with Crippen molar-refractivity contribution in [2.75, 3.05) is 13.1 Å². The van der Waals surface area contributed by atoms with E-state index in [0.29, 0.717) is 18.9 Å². The first-order valence-electron chi connectivity index (χ1n) is 6.50. The Morgan fingerprint density at radius 1 is 1.39 bits per heavy atom. The zero-order valence-corrected chi connectivity index (χ0v) is 10.5. The molecule has 1 unspecified atom stereocenters. The van der Waals surface area contributed by atoms with Gasteiger partial charge in [0.1, 0.15) is 0 Å². The minimum Gasteiger partial charge on any atom is -0.316 e. The van der Waals surface area contributed by atoms with Crippen LogP contribution in [0.2, 0.25) is 0 Å². The van der Waals surface area contributed by atoms with Gasteiger partial charge in [0, 0.05) is 6.42 Å². The number of piperidine rings is 1. The van der Waals surface area contributed by atoms with Gasteiger partial charge in [0.25, 0.3) is 0 Å². The van der Waals surface area contributed by atoms with Gasteiger partial charge >= 0.3 is 0 Å². The molecule has 2 rings (SSSR count). The predicted octanol–water partition coefficient (Wildman–Crippen LogP) is 1.62. The molecule has 0 aromatic heterocycles. The largest absolute Gasteiger partial charge is 0.316 e. The van der Waals surface area contributed by atoms with Crippen LogP contribution in [-0.4, -0.2) is 19.0 Å². The van der Waals surface area contributed by atoms with Crippen LogP contribution in [0.1, 0.15) is 24.8 Å². The second-order valence-electron chi connectivity index (χ2n) is 4.72. The van der Waals surface area contributed by atoms with Gasteiger partial charge in [0.2, 0.25) is 5.91 Å². The lowest BCUT2D eigenvalue weighted by molar-refractivity contribution is -0.135. The molecule has 18 heavy (non-hydrogen) atoms. The number of hydroxylamine groups is 1. The van der Waals surface area contributed by atoms with Crippen molar-refractivity contribution in [2.45, 2.75) is 25.9 Å². The maximum absolute atomic E-state index is 11.6. The second-order valence-corrected chi connectivity index (χ2v) is 4.72. The number of carbonyl (C=O) groups excluding carboxylic acids is 1. The van der Waals surface area contributed by atoms with Crippen LogP contribution in [0.4, 0.5) is 0 Å². The Hall–Kier alpha value is -1.39. The summed E-state index contributed by atoms with van der Waals surface area (Å²) in [5, 5.41) is 3.30. The highest BCUT2D eigenvalue weighted by Crippen LogP contribution is 2.13. The summed E-state index contributed by atoms with van der Waals surface area (Å²) in [5.41, 5.74) is 3.56. The summed E-state index contributed by atoms with van der Waals surface area (Å²) in [6.45, 7) is 2.42. The number of nitrogens with one attached hydrogen (secondary N) is 2. The lowest BCUT2D eigenvalue weighted by atomic mass is 9.96. The fourth-order valence-electron chi connectivity index (χ4n) is 2.18. The van der Waals surface area contributed by atoms with E-state index < -0.39 is 0 Å². The van der Waals surface area contributed by atoms with Crippen molar-refractivity contribution >= 4 is 5.91 Å². The van der Waals surface area contributed by atoms with Gasteiger partial charge in [0.15, 0.2) is 0 Å². The molecule has 0 saturated carbocycles. The second kappa shape index (κ2) is 7.13. The molecule has 1 heterocycles. The molecule has 1 atom stereocenters. The van der Waals surface area contributed by atoms with E-state index in [-0.39, 0.29) is 5.91 Å². The van der Waals surface area contributed by atoms with Crippen molar-refractivity contribution in [1.29, 1.82) is 0 Å². The fourth-order valence-corrected chi connectivity index (χ4v) is 2.18. The minimum atomic E-state index is -0.0281. The Morgan fingerprint density at radius 2 is 2.22 bits per heavy atom. The highest BCUT2D eigenvalue weighted by molar-refractivity contribution is 5.75. The van der Waals surface area contributed by atoms with E-state index in [0.717, 1.165) is 31.5 Å². The quantitative estimate of drug-likeness (QED) is 0.779. The molecule has 98 valence electrons. The molecule has 1 aromatic rings. The maximum atomic E-state index is 11.6. The standard InChI is InChI=1S/C14H20N2O2/c17-14(9-13-7-4-8-15-10-13)16-18-11-12-5-2-1-3-6-12/h1-3,5-6,13,15H,4,7-11H2,(H,16,17). The van der Waals surface area contributed by atoms with Crippen molar-refractivity contribution in [3.05, 3.63) is 35.9 Å². The van der Waals surface area contributed by atoms with Crippen molar-refractivity contribution in [2.24, 2.45) is 5.92 Å². The summed E-state index contributed by atoms with van der Waals surface area (Å²) >= 11 is 0. The summed E-state index contributed by atoms with van der Waals surface area (Å²) in [7, 11) is 0. The Labute approximate surface area is 108 Å². The molecule has 0 bridgehead atoms. The monoisotopic (exact) mass is 248 g/mol. The molecule has 1 fully saturated rings. The molecule has 1 amide bonds. The van der Waals surface area contributed by atoms with E-state index in [1.807, 2.05) is 30.3 Å². The van der Waals surface area contributed by atoms with Crippen molar-refractivity contribution in [3.63, 3.8) is 0 Å². The Balaban J connectivity index is 1.62. The Kier molecular flexibility index (Phi) is 5.17. The lowest BCUT2D eigenvalue weighted by Crippen LogP contribution is -2.34. The smallest absolute Gasteiger partial charge is 0.243 e. The third kappa shape index (κ3) is 4.47. The van der Waals surface area contributed by atoms with E-state index in [9.17, 15) is 4.79 Å². The molecule has 2 N–H and O–H groups in total. The highest BCUT2D eigenvalue weighted by atomic mass is 16.6. The number of hydrogen-bond acceptors (Lipinski definition) is 3. The zero-order chi connectivity index (χ0) is 12.6. The molecule has 1 aromatic carbocycles. The zero-order valence-electron chi connectivity index (χ0n) is 10.5. The van der Waals surface area contributed by atoms with E-state index in [1.54, 1.807) is 0 Å². The minimum absolute atomic E-state index is 0.0281. The average molecular weight is 248 g/mol. The number of rotatable bonds is 5. The molecular formula is C14H20N2O2. The van der Waals surface area contributed by atoms with Crippen molar-refractivity contribution in [1.82, 2.24) is 10.8 Å². The van der Waals surface area contributed by atoms with Crippen LogP contribution in [-0.2, 0) is 16.2 Å². The van der Waals surface area contributed by atoms with E-state index in [2.05, 4.69) is 10.8 Å². The summed E-state index contributed by atoms with van der Waals surface area (Å²) in [4.78, 5) is 16.8. The van der Waals surface area contributed by atoms with Gasteiger partial charge in [-0.05, 0) is 37.4 Å². The van der Waals surface area contributed by atoms with Crippen LogP contribution in [0.3, 0.4) is 0 Å². The topological polar surface area (TPSA) is 50.4 Å². The Bertz CT molecular complexity index is 361. The van der Waals surface area contributed by atoms with Crippen molar-refractivity contribution in [3.8, 4) is 0 Å². The summed E-state index contributed by atoms with van der Waals surface area (Å²) in [6, 6.07) is 9.80. The van der Waals surface area contributed by atoms with Crippen LogP contribution >= 0.6 is 0 Å². The molecule has 1 aliphatic heterocycles. The van der Waals surface area contributed by atoms with E-state index in [4.69, 9.17) is 4.84 Å². The lowest BCUT2D eigenvalue weighted by Gasteiger charge is -2.21. The van der Waals surface area contributed by atoms with Gasteiger partial charge in [-0.2, -0.15) is 0 Å². The van der Waals surface area contributed by atoms with Crippen LogP contribution in [0.25, 0.3) is 0 Å². The van der Waals surface area contributed by atoms with Gasteiger partial charge in [-0.1, -0.05) is 30.3 Å². The normalized spacial score (nSPS) is 19.4. The molecule has 1 saturated heterocycles. The van der Waals surface area contributed by atoms with E-state index in [1.165, 1.54) is 0 Å². The number of amides is 1. The third-order valence-electron chi connectivity index (χ3n) is 3.14. The Morgan fingerprint density at radius 3 is 2.94 bits per heavy atom. The molecule has 4 heteroatoms. The molecule has 0 spiro atoms. The summed E-state index contributed by atoms with van der Waals surface area (Å²) in [5.74, 6) is 0.415. The summed E-state index contributed by atoms with van der Waals surface area (Å²) in [6.07, 6.45) is 2.82. The van der Waals surface area contributed by atoms with Crippen molar-refractivity contribution < 1.29 is 9.63 Å². The van der Waals surface area contributed by atoms with Crippen LogP contribution in [0, 0.1) is 5.92 Å². The molecule has 1 aliphatic rings.